The van der Waals surface area contributed by atoms with E-state index in [0.29, 0.717) is 23.3 Å². The number of nitro benzene ring substituents is 1. The van der Waals surface area contributed by atoms with Gasteiger partial charge < -0.3 is 9.84 Å². The van der Waals surface area contributed by atoms with E-state index in [2.05, 4.69) is 15.5 Å². The molecule has 7 nitrogen and oxygen atoms in total. The fourth-order valence-electron chi connectivity index (χ4n) is 2.33. The van der Waals surface area contributed by atoms with Gasteiger partial charge in [0.1, 0.15) is 0 Å². The van der Waals surface area contributed by atoms with E-state index in [-0.39, 0.29) is 5.69 Å². The van der Waals surface area contributed by atoms with Crippen LogP contribution in [0.3, 0.4) is 0 Å². The third-order valence-corrected chi connectivity index (χ3v) is 3.39. The molecule has 0 saturated carbocycles. The van der Waals surface area contributed by atoms with E-state index in [1.807, 2.05) is 0 Å². The van der Waals surface area contributed by atoms with Gasteiger partial charge in [-0.2, -0.15) is 4.98 Å². The maximum atomic E-state index is 10.6. The molecule has 0 radical (unpaired) electrons. The summed E-state index contributed by atoms with van der Waals surface area (Å²) >= 11 is 0. The average Bonchev–Trinajstić information content (AvgIpc) is 3.11. The summed E-state index contributed by atoms with van der Waals surface area (Å²) in [5, 5.41) is 17.9. The van der Waals surface area contributed by atoms with Crippen LogP contribution in [0.5, 0.6) is 0 Å². The number of hydrogen-bond acceptors (Lipinski definition) is 6. The Morgan fingerprint density at radius 3 is 2.85 bits per heavy atom. The number of non-ortho nitro benzene ring substituents is 1. The van der Waals surface area contributed by atoms with E-state index in [1.54, 1.807) is 12.1 Å². The molecule has 20 heavy (non-hydrogen) atoms. The fraction of sp³-hybridized carbons (Fsp3) is 0.385. The first-order valence-electron chi connectivity index (χ1n) is 6.53. The first-order chi connectivity index (χ1) is 9.72. The zero-order valence-corrected chi connectivity index (χ0v) is 10.8. The Kier molecular flexibility index (Phi) is 3.42. The predicted octanol–water partition coefficient (Wildman–Crippen LogP) is 1.94. The Labute approximate surface area is 115 Å². The molecule has 3 rings (SSSR count). The van der Waals surface area contributed by atoms with E-state index in [1.165, 1.54) is 18.6 Å². The Morgan fingerprint density at radius 1 is 1.40 bits per heavy atom. The molecule has 1 aromatic carbocycles. The van der Waals surface area contributed by atoms with Gasteiger partial charge in [-0.1, -0.05) is 5.16 Å². The largest absolute Gasteiger partial charge is 0.339 e. The van der Waals surface area contributed by atoms with Crippen molar-refractivity contribution >= 4 is 5.69 Å². The summed E-state index contributed by atoms with van der Waals surface area (Å²) in [4.78, 5) is 14.5. The van der Waals surface area contributed by atoms with Crippen LogP contribution >= 0.6 is 0 Å². The first kappa shape index (κ1) is 12.7. The molecule has 1 N–H and O–H groups in total. The minimum atomic E-state index is -0.433. The second-order valence-corrected chi connectivity index (χ2v) is 4.81. The van der Waals surface area contributed by atoms with Crippen molar-refractivity contribution in [1.29, 1.82) is 0 Å². The zero-order valence-electron chi connectivity index (χ0n) is 10.8. The molecule has 1 unspecified atom stereocenters. The molecule has 2 heterocycles. The van der Waals surface area contributed by atoms with E-state index < -0.39 is 4.92 Å². The molecule has 1 aliphatic heterocycles. The molecule has 1 atom stereocenters. The predicted molar refractivity (Wildman–Crippen MR) is 71.1 cm³/mol. The highest BCUT2D eigenvalue weighted by atomic mass is 16.6. The van der Waals surface area contributed by atoms with Crippen molar-refractivity contribution in [2.24, 2.45) is 0 Å². The fourth-order valence-corrected chi connectivity index (χ4v) is 2.33. The van der Waals surface area contributed by atoms with Gasteiger partial charge in [-0.25, -0.2) is 0 Å². The van der Waals surface area contributed by atoms with Gasteiger partial charge in [-0.05, 0) is 31.5 Å². The van der Waals surface area contributed by atoms with Crippen molar-refractivity contribution in [3.63, 3.8) is 0 Å². The van der Waals surface area contributed by atoms with Crippen molar-refractivity contribution in [3.05, 3.63) is 40.3 Å². The van der Waals surface area contributed by atoms with Crippen LogP contribution in [0.2, 0.25) is 0 Å². The SMILES string of the molecule is O=[N+]([O-])c1ccc(-c2noc(CC3CCCN3)n2)cc1. The zero-order chi connectivity index (χ0) is 13.9. The first-order valence-corrected chi connectivity index (χ1v) is 6.53. The van der Waals surface area contributed by atoms with E-state index in [9.17, 15) is 10.1 Å². The van der Waals surface area contributed by atoms with Gasteiger partial charge in [0, 0.05) is 30.2 Å². The number of benzene rings is 1. The van der Waals surface area contributed by atoms with Gasteiger partial charge in [0.15, 0.2) is 0 Å². The van der Waals surface area contributed by atoms with Crippen LogP contribution in [0.25, 0.3) is 11.4 Å². The minimum absolute atomic E-state index is 0.0487. The van der Waals surface area contributed by atoms with Crippen LogP contribution in [0.4, 0.5) is 5.69 Å². The van der Waals surface area contributed by atoms with Crippen molar-refractivity contribution in [3.8, 4) is 11.4 Å². The van der Waals surface area contributed by atoms with Crippen LogP contribution in [0.1, 0.15) is 18.7 Å². The van der Waals surface area contributed by atoms with Crippen LogP contribution in [-0.4, -0.2) is 27.7 Å². The summed E-state index contributed by atoms with van der Waals surface area (Å²) < 4.78 is 5.22. The highest BCUT2D eigenvalue weighted by Crippen LogP contribution is 2.20. The molecular weight excluding hydrogens is 260 g/mol. The van der Waals surface area contributed by atoms with Crippen molar-refractivity contribution in [1.82, 2.24) is 15.5 Å². The van der Waals surface area contributed by atoms with Crippen LogP contribution < -0.4 is 5.32 Å². The lowest BCUT2D eigenvalue weighted by Gasteiger charge is -2.04. The lowest BCUT2D eigenvalue weighted by atomic mass is 10.1. The van der Waals surface area contributed by atoms with Gasteiger partial charge in [0.25, 0.3) is 5.69 Å². The number of nitro groups is 1. The molecule has 7 heteroatoms. The topological polar surface area (TPSA) is 94.1 Å². The molecule has 0 aliphatic carbocycles. The highest BCUT2D eigenvalue weighted by molar-refractivity contribution is 5.56. The Bertz CT molecular complexity index is 602. The second kappa shape index (κ2) is 5.38. The molecule has 104 valence electrons. The molecule has 0 amide bonds. The normalized spacial score (nSPS) is 18.3. The van der Waals surface area contributed by atoms with Gasteiger partial charge in [0.2, 0.25) is 11.7 Å². The summed E-state index contributed by atoms with van der Waals surface area (Å²) in [5.41, 5.74) is 0.762. The summed E-state index contributed by atoms with van der Waals surface area (Å²) in [6.07, 6.45) is 3.02. The summed E-state index contributed by atoms with van der Waals surface area (Å²) in [6.45, 7) is 1.04. The van der Waals surface area contributed by atoms with E-state index in [0.717, 1.165) is 19.4 Å². The Hall–Kier alpha value is -2.28. The molecule has 1 aliphatic rings. The van der Waals surface area contributed by atoms with Crippen LogP contribution in [0, 0.1) is 10.1 Å². The van der Waals surface area contributed by atoms with E-state index in [4.69, 9.17) is 4.52 Å². The molecule has 2 aromatic rings. The monoisotopic (exact) mass is 274 g/mol. The standard InChI is InChI=1S/C13H14N4O3/c18-17(19)11-5-3-9(4-6-11)13-15-12(20-16-13)8-10-2-1-7-14-10/h3-6,10,14H,1-2,7-8H2. The van der Waals surface area contributed by atoms with Crippen molar-refractivity contribution < 1.29 is 9.45 Å². The molecule has 1 aromatic heterocycles. The summed E-state index contributed by atoms with van der Waals surface area (Å²) in [5.74, 6) is 1.06. The number of hydrogen-bond donors (Lipinski definition) is 1. The molecule has 0 bridgehead atoms. The Balaban J connectivity index is 1.73. The number of aromatic nitrogens is 2. The van der Waals surface area contributed by atoms with Crippen LogP contribution in [-0.2, 0) is 6.42 Å². The highest BCUT2D eigenvalue weighted by Gasteiger charge is 2.18. The number of rotatable bonds is 4. The molecule has 0 spiro atoms. The lowest BCUT2D eigenvalue weighted by Crippen LogP contribution is -2.23. The maximum Gasteiger partial charge on any atom is 0.269 e. The third kappa shape index (κ3) is 2.67. The average molecular weight is 274 g/mol. The summed E-state index contributed by atoms with van der Waals surface area (Å²) in [7, 11) is 0. The van der Waals surface area contributed by atoms with Crippen molar-refractivity contribution in [2.45, 2.75) is 25.3 Å². The summed E-state index contributed by atoms with van der Waals surface area (Å²) in [6, 6.07) is 6.52. The third-order valence-electron chi connectivity index (χ3n) is 3.39. The van der Waals surface area contributed by atoms with Gasteiger partial charge in [-0.3, -0.25) is 10.1 Å². The van der Waals surface area contributed by atoms with Gasteiger partial charge >= 0.3 is 0 Å². The van der Waals surface area contributed by atoms with Gasteiger partial charge in [0.05, 0.1) is 4.92 Å². The Morgan fingerprint density at radius 2 is 2.20 bits per heavy atom. The molecular formula is C13H14N4O3. The lowest BCUT2D eigenvalue weighted by molar-refractivity contribution is -0.384. The second-order valence-electron chi connectivity index (χ2n) is 4.81. The van der Waals surface area contributed by atoms with Gasteiger partial charge in [-0.15, -0.1) is 0 Å². The number of nitrogens with one attached hydrogen (secondary N) is 1. The molecule has 1 saturated heterocycles. The smallest absolute Gasteiger partial charge is 0.269 e. The minimum Gasteiger partial charge on any atom is -0.339 e. The van der Waals surface area contributed by atoms with Crippen LogP contribution in [0.15, 0.2) is 28.8 Å². The van der Waals surface area contributed by atoms with Crippen molar-refractivity contribution in [2.75, 3.05) is 6.54 Å². The quantitative estimate of drug-likeness (QED) is 0.676. The maximum absolute atomic E-state index is 10.6. The number of nitrogens with zero attached hydrogens (tertiary/aromatic N) is 3. The van der Waals surface area contributed by atoms with E-state index >= 15 is 0 Å². The molecule has 1 fully saturated rings.